The van der Waals surface area contributed by atoms with Gasteiger partial charge < -0.3 is 4.90 Å². The van der Waals surface area contributed by atoms with Gasteiger partial charge in [-0.05, 0) is 31.5 Å². The lowest BCUT2D eigenvalue weighted by Crippen LogP contribution is -2.42. The van der Waals surface area contributed by atoms with Crippen LogP contribution >= 0.6 is 0 Å². The molecule has 0 fully saturated rings. The molecular weight excluding hydrogens is 342 g/mol. The molecule has 0 aliphatic carbocycles. The Kier molecular flexibility index (Phi) is 4.87. The number of nitrogens with zero attached hydrogens (tertiary/aromatic N) is 4. The molecule has 8 nitrogen and oxygen atoms in total. The van der Waals surface area contributed by atoms with Gasteiger partial charge in [-0.15, -0.1) is 0 Å². The Morgan fingerprint density at radius 2 is 2.16 bits per heavy atom. The van der Waals surface area contributed by atoms with Crippen LogP contribution in [0.15, 0.2) is 30.5 Å². The molecule has 9 heteroatoms. The quantitative estimate of drug-likeness (QED) is 0.844. The number of carbonyl (C=O) groups is 1. The summed E-state index contributed by atoms with van der Waals surface area (Å²) in [5.74, 6) is -0.128. The lowest BCUT2D eigenvalue weighted by molar-refractivity contribution is 0.0658. The van der Waals surface area contributed by atoms with Gasteiger partial charge in [0.15, 0.2) is 0 Å². The Balaban J connectivity index is 1.76. The SMILES string of the molecule is Cc1cccc(C(=O)N2Cc3ccnn3[C@H](CCNS(C)(=O)=O)C2)n1. The first-order valence-corrected chi connectivity index (χ1v) is 9.92. The van der Waals surface area contributed by atoms with Gasteiger partial charge in [-0.3, -0.25) is 9.48 Å². The smallest absolute Gasteiger partial charge is 0.272 e. The van der Waals surface area contributed by atoms with Crippen LogP contribution in [-0.4, -0.2) is 53.3 Å². The van der Waals surface area contributed by atoms with Crippen molar-refractivity contribution in [3.05, 3.63) is 47.5 Å². The maximum atomic E-state index is 12.8. The van der Waals surface area contributed by atoms with Crippen molar-refractivity contribution < 1.29 is 13.2 Å². The standard InChI is InChI=1S/C16H21N5O3S/c1-12-4-3-5-15(19-12)16(22)20-10-13-6-8-17-21(13)14(11-20)7-9-18-25(2,23)24/h3-6,8,14,18H,7,9-11H2,1-2H3/t14-/m1/s1. The molecule has 3 rings (SSSR count). The van der Waals surface area contributed by atoms with Crippen molar-refractivity contribution in [3.63, 3.8) is 0 Å². The van der Waals surface area contributed by atoms with E-state index in [1.165, 1.54) is 0 Å². The molecular formula is C16H21N5O3S. The van der Waals surface area contributed by atoms with Crippen LogP contribution in [0.3, 0.4) is 0 Å². The predicted molar refractivity (Wildman–Crippen MR) is 92.4 cm³/mol. The molecule has 0 saturated heterocycles. The number of hydrogen-bond donors (Lipinski definition) is 1. The van der Waals surface area contributed by atoms with Gasteiger partial charge in [0.2, 0.25) is 10.0 Å². The molecule has 0 saturated carbocycles. The molecule has 1 aliphatic heterocycles. The molecule has 0 radical (unpaired) electrons. The molecule has 0 spiro atoms. The van der Waals surface area contributed by atoms with Crippen LogP contribution < -0.4 is 4.72 Å². The zero-order valence-electron chi connectivity index (χ0n) is 14.2. The summed E-state index contributed by atoms with van der Waals surface area (Å²) in [6, 6.07) is 7.17. The number of aryl methyl sites for hydroxylation is 1. The van der Waals surface area contributed by atoms with Crippen LogP contribution in [0, 0.1) is 6.92 Å². The first-order valence-electron chi connectivity index (χ1n) is 8.03. The van der Waals surface area contributed by atoms with Crippen LogP contribution in [0.25, 0.3) is 0 Å². The van der Waals surface area contributed by atoms with E-state index in [9.17, 15) is 13.2 Å². The van der Waals surface area contributed by atoms with Crippen molar-refractivity contribution in [1.82, 2.24) is 24.4 Å². The molecule has 25 heavy (non-hydrogen) atoms. The maximum Gasteiger partial charge on any atom is 0.272 e. The fraction of sp³-hybridized carbons (Fsp3) is 0.438. The van der Waals surface area contributed by atoms with Crippen molar-refractivity contribution in [2.45, 2.75) is 25.9 Å². The van der Waals surface area contributed by atoms with E-state index < -0.39 is 10.0 Å². The van der Waals surface area contributed by atoms with E-state index in [1.54, 1.807) is 17.2 Å². The van der Waals surface area contributed by atoms with E-state index in [1.807, 2.05) is 29.8 Å². The van der Waals surface area contributed by atoms with Crippen molar-refractivity contribution in [1.29, 1.82) is 0 Å². The zero-order valence-corrected chi connectivity index (χ0v) is 15.0. The molecule has 134 valence electrons. The first-order chi connectivity index (χ1) is 11.8. The molecule has 2 aromatic rings. The number of fused-ring (bicyclic) bond motifs is 1. The minimum absolute atomic E-state index is 0.0817. The van der Waals surface area contributed by atoms with Crippen LogP contribution in [0.2, 0.25) is 0 Å². The van der Waals surface area contributed by atoms with E-state index in [0.29, 0.717) is 31.7 Å². The van der Waals surface area contributed by atoms with Crippen molar-refractivity contribution in [2.75, 3.05) is 19.3 Å². The van der Waals surface area contributed by atoms with Crippen molar-refractivity contribution in [2.24, 2.45) is 0 Å². The highest BCUT2D eigenvalue weighted by molar-refractivity contribution is 7.88. The Labute approximate surface area is 146 Å². The minimum atomic E-state index is -3.24. The third-order valence-corrected chi connectivity index (χ3v) is 4.85. The van der Waals surface area contributed by atoms with Gasteiger partial charge in [0.05, 0.1) is 24.5 Å². The van der Waals surface area contributed by atoms with E-state index in [4.69, 9.17) is 0 Å². The Bertz CT molecular complexity index is 877. The van der Waals surface area contributed by atoms with Gasteiger partial charge in [0.1, 0.15) is 5.69 Å². The highest BCUT2D eigenvalue weighted by Gasteiger charge is 2.29. The number of nitrogens with one attached hydrogen (secondary N) is 1. The van der Waals surface area contributed by atoms with Gasteiger partial charge >= 0.3 is 0 Å². The van der Waals surface area contributed by atoms with Gasteiger partial charge in [-0.25, -0.2) is 18.1 Å². The van der Waals surface area contributed by atoms with Gasteiger partial charge in [0.25, 0.3) is 5.91 Å². The number of pyridine rings is 1. The Morgan fingerprint density at radius 3 is 2.88 bits per heavy atom. The summed E-state index contributed by atoms with van der Waals surface area (Å²) >= 11 is 0. The third-order valence-electron chi connectivity index (χ3n) is 4.12. The second-order valence-electron chi connectivity index (χ2n) is 6.23. The highest BCUT2D eigenvalue weighted by Crippen LogP contribution is 2.24. The van der Waals surface area contributed by atoms with E-state index >= 15 is 0 Å². The molecule has 1 atom stereocenters. The summed E-state index contributed by atoms with van der Waals surface area (Å²) in [5.41, 5.74) is 2.14. The lowest BCUT2D eigenvalue weighted by Gasteiger charge is -2.33. The zero-order chi connectivity index (χ0) is 18.0. The molecule has 0 aromatic carbocycles. The van der Waals surface area contributed by atoms with Crippen molar-refractivity contribution in [3.8, 4) is 0 Å². The van der Waals surface area contributed by atoms with Gasteiger partial charge in [0, 0.05) is 25.0 Å². The summed E-state index contributed by atoms with van der Waals surface area (Å²) in [5, 5.41) is 4.32. The molecule has 2 aromatic heterocycles. The summed E-state index contributed by atoms with van der Waals surface area (Å²) in [7, 11) is -3.24. The average molecular weight is 363 g/mol. The van der Waals surface area contributed by atoms with Gasteiger partial charge in [-0.1, -0.05) is 6.07 Å². The van der Waals surface area contributed by atoms with Crippen LogP contribution in [0.5, 0.6) is 0 Å². The maximum absolute atomic E-state index is 12.8. The van der Waals surface area contributed by atoms with Crippen LogP contribution in [0.1, 0.15) is 34.3 Å². The van der Waals surface area contributed by atoms with Crippen LogP contribution in [-0.2, 0) is 16.6 Å². The predicted octanol–water partition coefficient (Wildman–Crippen LogP) is 0.723. The number of amides is 1. The summed E-state index contributed by atoms with van der Waals surface area (Å²) in [6.07, 6.45) is 3.38. The molecule has 1 N–H and O–H groups in total. The fourth-order valence-electron chi connectivity index (χ4n) is 2.99. The minimum Gasteiger partial charge on any atom is -0.329 e. The second-order valence-corrected chi connectivity index (χ2v) is 8.06. The topological polar surface area (TPSA) is 97.2 Å². The monoisotopic (exact) mass is 363 g/mol. The van der Waals surface area contributed by atoms with E-state index in [-0.39, 0.29) is 11.9 Å². The van der Waals surface area contributed by atoms with Crippen LogP contribution in [0.4, 0.5) is 0 Å². The summed E-state index contributed by atoms with van der Waals surface area (Å²) in [4.78, 5) is 18.8. The second kappa shape index (κ2) is 6.93. The molecule has 1 amide bonds. The summed E-state index contributed by atoms with van der Waals surface area (Å²) in [6.45, 7) is 3.08. The third kappa shape index (κ3) is 4.23. The molecule has 0 unspecified atom stereocenters. The fourth-order valence-corrected chi connectivity index (χ4v) is 3.48. The lowest BCUT2D eigenvalue weighted by atomic mass is 10.1. The average Bonchev–Trinajstić information content (AvgIpc) is 3.01. The number of hydrogen-bond acceptors (Lipinski definition) is 5. The first kappa shape index (κ1) is 17.6. The number of rotatable bonds is 5. The molecule has 3 heterocycles. The Hall–Kier alpha value is -2.26. The Morgan fingerprint density at radius 1 is 1.36 bits per heavy atom. The number of carbonyl (C=O) groups excluding carboxylic acids is 1. The van der Waals surface area contributed by atoms with Gasteiger partial charge in [-0.2, -0.15) is 5.10 Å². The number of aromatic nitrogens is 3. The van der Waals surface area contributed by atoms with Crippen molar-refractivity contribution >= 4 is 15.9 Å². The highest BCUT2D eigenvalue weighted by atomic mass is 32.2. The largest absolute Gasteiger partial charge is 0.329 e. The number of sulfonamides is 1. The molecule has 0 bridgehead atoms. The summed E-state index contributed by atoms with van der Waals surface area (Å²) < 4.78 is 26.9. The van der Waals surface area contributed by atoms with E-state index in [0.717, 1.165) is 17.6 Å². The van der Waals surface area contributed by atoms with E-state index in [2.05, 4.69) is 14.8 Å². The molecule has 1 aliphatic rings. The normalized spacial score (nSPS) is 17.4.